The molecule has 2 heterocycles. The van der Waals surface area contributed by atoms with Gasteiger partial charge in [-0.05, 0) is 25.8 Å². The molecule has 0 aromatic carbocycles. The minimum atomic E-state index is -0.551. The fraction of sp³-hybridized carbons (Fsp3) is 0.538. The Balaban J connectivity index is 2.22. The third kappa shape index (κ3) is 2.43. The molecule has 108 valence electrons. The Morgan fingerprint density at radius 2 is 2.30 bits per heavy atom. The molecule has 0 spiro atoms. The zero-order valence-electron chi connectivity index (χ0n) is 11.8. The lowest BCUT2D eigenvalue weighted by Crippen LogP contribution is -2.33. The summed E-state index contributed by atoms with van der Waals surface area (Å²) in [4.78, 5) is 28.2. The van der Waals surface area contributed by atoms with E-state index in [1.54, 1.807) is 6.92 Å². The lowest BCUT2D eigenvalue weighted by molar-refractivity contribution is -0.385. The molecular formula is C13H17N3O4. The lowest BCUT2D eigenvalue weighted by Gasteiger charge is -2.23. The van der Waals surface area contributed by atoms with Crippen molar-refractivity contribution in [2.45, 2.75) is 20.3 Å². The van der Waals surface area contributed by atoms with E-state index in [9.17, 15) is 14.9 Å². The van der Waals surface area contributed by atoms with Gasteiger partial charge < -0.3 is 9.64 Å². The molecule has 7 nitrogen and oxygen atoms in total. The van der Waals surface area contributed by atoms with Crippen LogP contribution >= 0.6 is 0 Å². The molecule has 0 saturated carbocycles. The molecule has 1 aromatic heterocycles. The molecule has 0 aliphatic carbocycles. The molecule has 0 amide bonds. The van der Waals surface area contributed by atoms with Gasteiger partial charge in [0.2, 0.25) is 0 Å². The van der Waals surface area contributed by atoms with E-state index in [1.807, 2.05) is 11.8 Å². The third-order valence-corrected chi connectivity index (χ3v) is 3.70. The number of carbonyl (C=O) groups excluding carboxylic acids is 1. The monoisotopic (exact) mass is 279 g/mol. The van der Waals surface area contributed by atoms with E-state index in [1.165, 1.54) is 19.4 Å². The Morgan fingerprint density at radius 3 is 2.85 bits per heavy atom. The molecular weight excluding hydrogens is 262 g/mol. The van der Waals surface area contributed by atoms with Crippen molar-refractivity contribution in [3.05, 3.63) is 27.9 Å². The predicted octanol–water partition coefficient (Wildman–Crippen LogP) is 1.69. The first-order valence-electron chi connectivity index (χ1n) is 6.32. The molecule has 7 heteroatoms. The highest BCUT2D eigenvalue weighted by molar-refractivity contribution is 5.78. The quantitative estimate of drug-likeness (QED) is 0.475. The lowest BCUT2D eigenvalue weighted by atomic mass is 9.90. The van der Waals surface area contributed by atoms with E-state index < -0.39 is 10.3 Å². The van der Waals surface area contributed by atoms with E-state index in [0.717, 1.165) is 5.56 Å². The second-order valence-corrected chi connectivity index (χ2v) is 5.31. The number of ether oxygens (including phenoxy) is 1. The number of nitro groups is 1. The molecule has 0 bridgehead atoms. The number of aromatic nitrogens is 1. The summed E-state index contributed by atoms with van der Waals surface area (Å²) in [5.41, 5.74) is 0.152. The molecule has 20 heavy (non-hydrogen) atoms. The number of pyridine rings is 1. The van der Waals surface area contributed by atoms with Gasteiger partial charge in [0.15, 0.2) is 0 Å². The molecule has 1 aromatic rings. The first-order chi connectivity index (χ1) is 9.37. The van der Waals surface area contributed by atoms with Crippen molar-refractivity contribution < 1.29 is 14.5 Å². The first kappa shape index (κ1) is 14.2. The van der Waals surface area contributed by atoms with Crippen LogP contribution in [-0.2, 0) is 9.53 Å². The number of hydrogen-bond donors (Lipinski definition) is 0. The van der Waals surface area contributed by atoms with Gasteiger partial charge in [0.25, 0.3) is 5.69 Å². The molecule has 2 rings (SSSR count). The van der Waals surface area contributed by atoms with Crippen LogP contribution in [0, 0.1) is 22.5 Å². The Kier molecular flexibility index (Phi) is 3.61. The van der Waals surface area contributed by atoms with Gasteiger partial charge in [0, 0.05) is 19.2 Å². The van der Waals surface area contributed by atoms with Crippen molar-refractivity contribution in [3.8, 4) is 0 Å². The van der Waals surface area contributed by atoms with Gasteiger partial charge in [-0.2, -0.15) is 0 Å². The van der Waals surface area contributed by atoms with Crippen molar-refractivity contribution in [2.75, 3.05) is 25.1 Å². The molecule has 1 unspecified atom stereocenters. The summed E-state index contributed by atoms with van der Waals surface area (Å²) in [6.45, 7) is 4.82. The van der Waals surface area contributed by atoms with Gasteiger partial charge in [-0.3, -0.25) is 14.9 Å². The number of nitrogens with zero attached hydrogens (tertiary/aromatic N) is 3. The van der Waals surface area contributed by atoms with Crippen LogP contribution in [0.2, 0.25) is 0 Å². The van der Waals surface area contributed by atoms with Crippen LogP contribution in [0.3, 0.4) is 0 Å². The first-order valence-corrected chi connectivity index (χ1v) is 6.32. The maximum absolute atomic E-state index is 11.8. The second kappa shape index (κ2) is 5.07. The number of rotatable bonds is 3. The van der Waals surface area contributed by atoms with Gasteiger partial charge in [-0.25, -0.2) is 4.98 Å². The van der Waals surface area contributed by atoms with Crippen LogP contribution in [0.5, 0.6) is 0 Å². The average Bonchev–Trinajstić information content (AvgIpc) is 2.81. The standard InChI is InChI=1S/C13H17N3O4/c1-9-6-10(16(18)19)7-14-11(9)15-5-4-13(2,8-15)12(17)20-3/h6-7H,4-5,8H2,1-3H3. The summed E-state index contributed by atoms with van der Waals surface area (Å²) in [6, 6.07) is 1.50. The number of esters is 1. The van der Waals surface area contributed by atoms with E-state index in [2.05, 4.69) is 4.98 Å². The summed E-state index contributed by atoms with van der Waals surface area (Å²) in [5.74, 6) is 0.447. The van der Waals surface area contributed by atoms with Crippen molar-refractivity contribution in [1.82, 2.24) is 4.98 Å². The second-order valence-electron chi connectivity index (χ2n) is 5.31. The Bertz CT molecular complexity index is 561. The average molecular weight is 279 g/mol. The topological polar surface area (TPSA) is 85.6 Å². The molecule has 1 fully saturated rings. The van der Waals surface area contributed by atoms with Crippen LogP contribution in [0.15, 0.2) is 12.3 Å². The van der Waals surface area contributed by atoms with Crippen molar-refractivity contribution in [1.29, 1.82) is 0 Å². The van der Waals surface area contributed by atoms with Crippen molar-refractivity contribution >= 4 is 17.5 Å². The maximum atomic E-state index is 11.8. The highest BCUT2D eigenvalue weighted by atomic mass is 16.6. The largest absolute Gasteiger partial charge is 0.469 e. The molecule has 0 N–H and O–H groups in total. The zero-order chi connectivity index (χ0) is 14.9. The number of carbonyl (C=O) groups is 1. The van der Waals surface area contributed by atoms with Gasteiger partial charge in [0.05, 0.1) is 17.4 Å². The van der Waals surface area contributed by atoms with E-state index in [-0.39, 0.29) is 11.7 Å². The fourth-order valence-electron chi connectivity index (χ4n) is 2.54. The molecule has 1 atom stereocenters. The normalized spacial score (nSPS) is 21.9. The van der Waals surface area contributed by atoms with Gasteiger partial charge in [-0.1, -0.05) is 0 Å². The summed E-state index contributed by atoms with van der Waals surface area (Å²) >= 11 is 0. The Labute approximate surface area is 116 Å². The SMILES string of the molecule is COC(=O)C1(C)CCN(c2ncc([N+](=O)[O-])cc2C)C1. The zero-order valence-corrected chi connectivity index (χ0v) is 11.8. The molecule has 1 aliphatic heterocycles. The van der Waals surface area contributed by atoms with Gasteiger partial charge in [0.1, 0.15) is 12.0 Å². The van der Waals surface area contributed by atoms with Gasteiger partial charge in [-0.15, -0.1) is 0 Å². The summed E-state index contributed by atoms with van der Waals surface area (Å²) < 4.78 is 4.83. The van der Waals surface area contributed by atoms with Crippen molar-refractivity contribution in [2.24, 2.45) is 5.41 Å². The highest BCUT2D eigenvalue weighted by Gasteiger charge is 2.42. The van der Waals surface area contributed by atoms with E-state index in [4.69, 9.17) is 4.74 Å². The van der Waals surface area contributed by atoms with Crippen molar-refractivity contribution in [3.63, 3.8) is 0 Å². The Hall–Kier alpha value is -2.18. The summed E-state index contributed by atoms with van der Waals surface area (Å²) in [7, 11) is 1.38. The van der Waals surface area contributed by atoms with Crippen LogP contribution < -0.4 is 4.90 Å². The Morgan fingerprint density at radius 1 is 1.60 bits per heavy atom. The maximum Gasteiger partial charge on any atom is 0.313 e. The summed E-state index contributed by atoms with van der Waals surface area (Å²) in [6.07, 6.45) is 1.92. The molecule has 1 saturated heterocycles. The van der Waals surface area contributed by atoms with Crippen LogP contribution in [-0.4, -0.2) is 36.1 Å². The smallest absolute Gasteiger partial charge is 0.313 e. The minimum Gasteiger partial charge on any atom is -0.469 e. The number of aryl methyl sites for hydroxylation is 1. The fourth-order valence-corrected chi connectivity index (χ4v) is 2.54. The third-order valence-electron chi connectivity index (χ3n) is 3.70. The number of hydrogen-bond acceptors (Lipinski definition) is 6. The van der Waals surface area contributed by atoms with Gasteiger partial charge >= 0.3 is 5.97 Å². The minimum absolute atomic E-state index is 0.0267. The number of anilines is 1. The number of methoxy groups -OCH3 is 1. The highest BCUT2D eigenvalue weighted by Crippen LogP contribution is 2.35. The summed E-state index contributed by atoms with van der Waals surface area (Å²) in [5, 5.41) is 10.7. The van der Waals surface area contributed by atoms with Crippen LogP contribution in [0.25, 0.3) is 0 Å². The predicted molar refractivity (Wildman–Crippen MR) is 72.6 cm³/mol. The van der Waals surface area contributed by atoms with E-state index in [0.29, 0.717) is 25.3 Å². The van der Waals surface area contributed by atoms with Crippen LogP contribution in [0.4, 0.5) is 11.5 Å². The van der Waals surface area contributed by atoms with Crippen LogP contribution in [0.1, 0.15) is 18.9 Å². The molecule has 0 radical (unpaired) electrons. The molecule has 1 aliphatic rings. The van der Waals surface area contributed by atoms with E-state index >= 15 is 0 Å².